The molecule has 2 amide bonds. The molecule has 4 heterocycles. The van der Waals surface area contributed by atoms with Crippen molar-refractivity contribution in [1.29, 1.82) is 0 Å². The largest absolute Gasteiger partial charge is 0.416 e. The number of aromatic nitrogens is 2. The standard InChI is InChI=1S/C31H38N6O3/c1-24-4-3-14-36(22-24)23-26-6-8-27(9-7-26)30(38)34-28-10-11-29(33-21-28)40-31(39)37-18-16-35(17-19-37)15-12-25-5-2-13-32-20-25/h2,5-11,13,20-21,24H,3-4,12,14-19,22-23H2,1H3,(H,34,38). The summed E-state index contributed by atoms with van der Waals surface area (Å²) >= 11 is 0. The van der Waals surface area contributed by atoms with Crippen molar-refractivity contribution in [2.45, 2.75) is 32.7 Å². The molecule has 2 aliphatic rings. The number of rotatable bonds is 8. The number of nitrogens with zero attached hydrogens (tertiary/aromatic N) is 5. The molecule has 0 radical (unpaired) electrons. The van der Waals surface area contributed by atoms with Crippen LogP contribution in [-0.2, 0) is 13.0 Å². The molecule has 2 aliphatic heterocycles. The first-order chi connectivity index (χ1) is 19.5. The van der Waals surface area contributed by atoms with E-state index in [1.807, 2.05) is 36.5 Å². The Kier molecular flexibility index (Phi) is 9.36. The summed E-state index contributed by atoms with van der Waals surface area (Å²) in [6, 6.07) is 15.1. The number of hydrogen-bond acceptors (Lipinski definition) is 7. The smallest absolute Gasteiger partial charge is 0.391 e. The fourth-order valence-electron chi connectivity index (χ4n) is 5.31. The van der Waals surface area contributed by atoms with Crippen molar-refractivity contribution in [1.82, 2.24) is 24.7 Å². The lowest BCUT2D eigenvalue weighted by molar-refractivity contribution is 0.102. The number of piperazine rings is 1. The first-order valence-corrected chi connectivity index (χ1v) is 14.2. The number of amides is 2. The van der Waals surface area contributed by atoms with E-state index in [-0.39, 0.29) is 11.8 Å². The second kappa shape index (κ2) is 13.5. The molecule has 0 saturated carbocycles. The maximum atomic E-state index is 12.7. The van der Waals surface area contributed by atoms with Gasteiger partial charge in [-0.2, -0.15) is 0 Å². The van der Waals surface area contributed by atoms with Crippen LogP contribution in [0.4, 0.5) is 10.5 Å². The summed E-state index contributed by atoms with van der Waals surface area (Å²) in [5, 5.41) is 2.87. The summed E-state index contributed by atoms with van der Waals surface area (Å²) in [4.78, 5) is 40.3. The highest BCUT2D eigenvalue weighted by Crippen LogP contribution is 2.19. The number of ether oxygens (including phenoxy) is 1. The van der Waals surface area contributed by atoms with Crippen molar-refractivity contribution in [3.05, 3.63) is 83.8 Å². The number of hydrogen-bond donors (Lipinski definition) is 1. The molecule has 1 atom stereocenters. The molecule has 2 saturated heterocycles. The normalized spacial score (nSPS) is 18.3. The Morgan fingerprint density at radius 1 is 0.950 bits per heavy atom. The van der Waals surface area contributed by atoms with Gasteiger partial charge >= 0.3 is 6.09 Å². The lowest BCUT2D eigenvalue weighted by Crippen LogP contribution is -2.50. The molecule has 0 spiro atoms. The molecular weight excluding hydrogens is 504 g/mol. The minimum Gasteiger partial charge on any atom is -0.391 e. The van der Waals surface area contributed by atoms with Crippen LogP contribution in [0, 0.1) is 5.92 Å². The van der Waals surface area contributed by atoms with E-state index in [2.05, 4.69) is 38.1 Å². The van der Waals surface area contributed by atoms with Gasteiger partial charge in [0, 0.05) is 69.8 Å². The zero-order valence-corrected chi connectivity index (χ0v) is 23.2. The SMILES string of the molecule is CC1CCCN(Cc2ccc(C(=O)Nc3ccc(OC(=O)N4CCN(CCc5cccnc5)CC4)nc3)cc2)C1. The minimum absolute atomic E-state index is 0.203. The maximum absolute atomic E-state index is 12.7. The summed E-state index contributed by atoms with van der Waals surface area (Å²) in [6.45, 7) is 9.23. The molecule has 5 rings (SSSR count). The van der Waals surface area contributed by atoms with Crippen LogP contribution in [-0.4, -0.2) is 82.5 Å². The molecule has 2 aromatic heterocycles. The number of carbonyl (C=O) groups excluding carboxylic acids is 2. The van der Waals surface area contributed by atoms with Crippen LogP contribution in [0.2, 0.25) is 0 Å². The Morgan fingerprint density at radius 3 is 2.48 bits per heavy atom. The minimum atomic E-state index is -0.407. The Morgan fingerprint density at radius 2 is 1.77 bits per heavy atom. The Labute approximate surface area is 236 Å². The Hall–Kier alpha value is -3.82. The molecule has 9 nitrogen and oxygen atoms in total. The summed E-state index contributed by atoms with van der Waals surface area (Å²) in [5.74, 6) is 0.746. The van der Waals surface area contributed by atoms with Crippen LogP contribution in [0.3, 0.4) is 0 Å². The van der Waals surface area contributed by atoms with Crippen molar-refractivity contribution >= 4 is 17.7 Å². The molecule has 2 fully saturated rings. The van der Waals surface area contributed by atoms with Gasteiger partial charge in [0.2, 0.25) is 5.88 Å². The number of pyridine rings is 2. The van der Waals surface area contributed by atoms with E-state index in [0.29, 0.717) is 24.3 Å². The molecule has 0 bridgehead atoms. The highest BCUT2D eigenvalue weighted by Gasteiger charge is 2.23. The van der Waals surface area contributed by atoms with Crippen molar-refractivity contribution < 1.29 is 14.3 Å². The lowest BCUT2D eigenvalue weighted by Gasteiger charge is -2.33. The van der Waals surface area contributed by atoms with Gasteiger partial charge in [0.05, 0.1) is 11.9 Å². The van der Waals surface area contributed by atoms with Gasteiger partial charge in [0.25, 0.3) is 5.91 Å². The molecule has 1 unspecified atom stereocenters. The fraction of sp³-hybridized carbons (Fsp3) is 0.419. The predicted octanol–water partition coefficient (Wildman–Crippen LogP) is 4.32. The number of likely N-dealkylation sites (tertiary alicyclic amines) is 1. The number of piperidine rings is 1. The number of benzene rings is 1. The average molecular weight is 543 g/mol. The third kappa shape index (κ3) is 7.86. The zero-order chi connectivity index (χ0) is 27.7. The maximum Gasteiger partial charge on any atom is 0.416 e. The highest BCUT2D eigenvalue weighted by atomic mass is 16.6. The van der Waals surface area contributed by atoms with Gasteiger partial charge in [-0.1, -0.05) is 25.1 Å². The van der Waals surface area contributed by atoms with Gasteiger partial charge in [-0.05, 0) is 67.1 Å². The molecule has 210 valence electrons. The number of carbonyl (C=O) groups is 2. The number of anilines is 1. The Bertz CT molecular complexity index is 1240. The third-order valence-electron chi connectivity index (χ3n) is 7.62. The van der Waals surface area contributed by atoms with Gasteiger partial charge in [-0.3, -0.25) is 19.6 Å². The molecule has 40 heavy (non-hydrogen) atoms. The second-order valence-electron chi connectivity index (χ2n) is 10.8. The van der Waals surface area contributed by atoms with Crippen LogP contribution in [0.5, 0.6) is 5.88 Å². The number of nitrogens with one attached hydrogen (secondary N) is 1. The second-order valence-corrected chi connectivity index (χ2v) is 10.8. The Balaban J connectivity index is 1.04. The van der Waals surface area contributed by atoms with Gasteiger partial charge in [0.1, 0.15) is 0 Å². The summed E-state index contributed by atoms with van der Waals surface area (Å²) < 4.78 is 5.48. The molecule has 1 N–H and O–H groups in total. The monoisotopic (exact) mass is 542 g/mol. The van der Waals surface area contributed by atoms with Crippen molar-refractivity contribution in [2.24, 2.45) is 5.92 Å². The summed E-state index contributed by atoms with van der Waals surface area (Å²) in [5.41, 5.74) is 3.56. The summed E-state index contributed by atoms with van der Waals surface area (Å²) in [6.07, 6.45) is 8.26. The van der Waals surface area contributed by atoms with Crippen LogP contribution < -0.4 is 10.1 Å². The molecular formula is C31H38N6O3. The van der Waals surface area contributed by atoms with Gasteiger partial charge < -0.3 is 15.0 Å². The van der Waals surface area contributed by atoms with Crippen molar-refractivity contribution in [3.63, 3.8) is 0 Å². The van der Waals surface area contributed by atoms with E-state index in [0.717, 1.165) is 51.6 Å². The topological polar surface area (TPSA) is 90.9 Å². The van der Waals surface area contributed by atoms with E-state index in [1.54, 1.807) is 23.2 Å². The van der Waals surface area contributed by atoms with E-state index < -0.39 is 6.09 Å². The summed E-state index contributed by atoms with van der Waals surface area (Å²) in [7, 11) is 0. The highest BCUT2D eigenvalue weighted by molar-refractivity contribution is 6.04. The lowest BCUT2D eigenvalue weighted by atomic mass is 9.99. The first kappa shape index (κ1) is 27.7. The van der Waals surface area contributed by atoms with Crippen LogP contribution >= 0.6 is 0 Å². The van der Waals surface area contributed by atoms with E-state index in [1.165, 1.54) is 30.2 Å². The van der Waals surface area contributed by atoms with Crippen LogP contribution in [0.25, 0.3) is 0 Å². The van der Waals surface area contributed by atoms with Gasteiger partial charge in [-0.15, -0.1) is 0 Å². The molecule has 0 aliphatic carbocycles. The average Bonchev–Trinajstić information content (AvgIpc) is 2.98. The van der Waals surface area contributed by atoms with E-state index in [4.69, 9.17) is 4.74 Å². The van der Waals surface area contributed by atoms with Gasteiger partial charge in [-0.25, -0.2) is 9.78 Å². The predicted molar refractivity (Wildman–Crippen MR) is 154 cm³/mol. The fourth-order valence-corrected chi connectivity index (χ4v) is 5.31. The quantitative estimate of drug-likeness (QED) is 0.453. The van der Waals surface area contributed by atoms with Crippen LogP contribution in [0.1, 0.15) is 41.3 Å². The van der Waals surface area contributed by atoms with Gasteiger partial charge in [0.15, 0.2) is 0 Å². The molecule has 3 aromatic rings. The van der Waals surface area contributed by atoms with E-state index in [9.17, 15) is 9.59 Å². The van der Waals surface area contributed by atoms with E-state index >= 15 is 0 Å². The van der Waals surface area contributed by atoms with Crippen LogP contribution in [0.15, 0.2) is 67.1 Å². The zero-order valence-electron chi connectivity index (χ0n) is 23.2. The van der Waals surface area contributed by atoms with Crippen molar-refractivity contribution in [2.75, 3.05) is 51.1 Å². The first-order valence-electron chi connectivity index (χ1n) is 14.2. The third-order valence-corrected chi connectivity index (χ3v) is 7.62. The molecule has 1 aromatic carbocycles. The molecule has 9 heteroatoms. The van der Waals surface area contributed by atoms with Crippen molar-refractivity contribution in [3.8, 4) is 5.88 Å².